The monoisotopic (exact) mass is 438 g/mol. The van der Waals surface area contributed by atoms with Gasteiger partial charge in [-0.15, -0.1) is 11.3 Å². The van der Waals surface area contributed by atoms with E-state index in [1.807, 2.05) is 12.1 Å². The summed E-state index contributed by atoms with van der Waals surface area (Å²) in [6, 6.07) is 8.80. The Balaban J connectivity index is 1.61. The van der Waals surface area contributed by atoms with Crippen molar-refractivity contribution in [3.8, 4) is 11.5 Å². The van der Waals surface area contributed by atoms with Gasteiger partial charge in [-0.2, -0.15) is 4.31 Å². The lowest BCUT2D eigenvalue weighted by molar-refractivity contribution is -0.120. The van der Waals surface area contributed by atoms with Crippen molar-refractivity contribution in [2.24, 2.45) is 0 Å². The number of rotatable bonds is 8. The third kappa shape index (κ3) is 5.09. The first-order valence-corrected chi connectivity index (χ1v) is 11.8. The number of carbonyl (C=O) groups is 1. The van der Waals surface area contributed by atoms with E-state index in [4.69, 9.17) is 9.47 Å². The number of hydrogen-bond donors (Lipinski definition) is 1. The lowest BCUT2D eigenvalue weighted by Crippen LogP contribution is -2.35. The van der Waals surface area contributed by atoms with E-state index in [1.165, 1.54) is 0 Å². The van der Waals surface area contributed by atoms with Crippen molar-refractivity contribution >= 4 is 27.3 Å². The molecule has 2 heterocycles. The minimum absolute atomic E-state index is 0.131. The van der Waals surface area contributed by atoms with Gasteiger partial charge in [-0.3, -0.25) is 4.79 Å². The molecule has 7 nitrogen and oxygen atoms in total. The van der Waals surface area contributed by atoms with Crippen LogP contribution >= 0.6 is 11.3 Å². The lowest BCUT2D eigenvalue weighted by Gasteiger charge is -2.25. The predicted octanol–water partition coefficient (Wildman–Crippen LogP) is 2.80. The number of thiophene rings is 1. The van der Waals surface area contributed by atoms with E-state index in [0.29, 0.717) is 35.3 Å². The first-order valence-electron chi connectivity index (χ1n) is 9.51. The molecule has 3 rings (SSSR count). The predicted molar refractivity (Wildman–Crippen MR) is 112 cm³/mol. The number of piperidine rings is 1. The average Bonchev–Trinajstić information content (AvgIpc) is 3.21. The van der Waals surface area contributed by atoms with Crippen molar-refractivity contribution in [1.82, 2.24) is 9.62 Å². The summed E-state index contributed by atoms with van der Waals surface area (Å²) in [7, 11) is -0.343. The van der Waals surface area contributed by atoms with Crippen LogP contribution < -0.4 is 14.8 Å². The number of benzene rings is 1. The van der Waals surface area contributed by atoms with Crippen molar-refractivity contribution in [3.05, 3.63) is 40.8 Å². The molecule has 0 spiro atoms. The van der Waals surface area contributed by atoms with Gasteiger partial charge in [0.25, 0.3) is 10.0 Å². The van der Waals surface area contributed by atoms with Crippen LogP contribution in [0.2, 0.25) is 0 Å². The third-order valence-electron chi connectivity index (χ3n) is 4.84. The maximum Gasteiger partial charge on any atom is 0.252 e. The van der Waals surface area contributed by atoms with Crippen molar-refractivity contribution in [2.75, 3.05) is 27.3 Å². The maximum atomic E-state index is 12.7. The fraction of sp³-hybridized carbons (Fsp3) is 0.450. The van der Waals surface area contributed by atoms with Gasteiger partial charge in [-0.1, -0.05) is 18.6 Å². The first kappa shape index (κ1) is 21.6. The van der Waals surface area contributed by atoms with Gasteiger partial charge >= 0.3 is 0 Å². The third-order valence-corrected chi connectivity index (χ3v) is 8.29. The summed E-state index contributed by atoms with van der Waals surface area (Å²) in [6.45, 7) is 1.43. The molecule has 0 radical (unpaired) electrons. The Morgan fingerprint density at radius 1 is 1.10 bits per heavy atom. The molecule has 0 unspecified atom stereocenters. The Bertz CT molecular complexity index is 950. The molecule has 29 heavy (non-hydrogen) atoms. The summed E-state index contributed by atoms with van der Waals surface area (Å²) in [5.41, 5.74) is 0.805. The van der Waals surface area contributed by atoms with Crippen molar-refractivity contribution in [3.63, 3.8) is 0 Å². The molecular formula is C20H26N2O5S2. The summed E-state index contributed by atoms with van der Waals surface area (Å²) < 4.78 is 38.0. The molecule has 1 fully saturated rings. The Kier molecular flexibility index (Phi) is 7.15. The molecule has 1 aromatic carbocycles. The first-order chi connectivity index (χ1) is 14.0. The van der Waals surface area contributed by atoms with Crippen LogP contribution in [0.3, 0.4) is 0 Å². The number of nitrogens with one attached hydrogen (secondary N) is 1. The molecule has 1 aromatic heterocycles. The quantitative estimate of drug-likeness (QED) is 0.685. The number of hydrogen-bond acceptors (Lipinski definition) is 6. The largest absolute Gasteiger partial charge is 0.493 e. The Labute approximate surface area is 175 Å². The number of ether oxygens (including phenoxy) is 2. The summed E-state index contributed by atoms with van der Waals surface area (Å²) >= 11 is 1.16. The molecule has 1 saturated heterocycles. The highest BCUT2D eigenvalue weighted by Crippen LogP contribution is 2.31. The molecule has 2 aromatic rings. The molecule has 1 aliphatic rings. The number of methoxy groups -OCH3 is 2. The normalized spacial score (nSPS) is 15.1. The van der Waals surface area contributed by atoms with Crippen LogP contribution in [-0.2, 0) is 27.8 Å². The fourth-order valence-corrected chi connectivity index (χ4v) is 6.36. The SMILES string of the molecule is COc1cccc(CNC(=O)Cc2ccc(S(=O)(=O)N3CCCCC3)s2)c1OC. The fourth-order valence-electron chi connectivity index (χ4n) is 3.33. The Morgan fingerprint density at radius 3 is 2.55 bits per heavy atom. The average molecular weight is 439 g/mol. The molecule has 1 amide bonds. The van der Waals surface area contributed by atoms with E-state index < -0.39 is 10.0 Å². The topological polar surface area (TPSA) is 84.9 Å². The van der Waals surface area contributed by atoms with Crippen LogP contribution in [0.4, 0.5) is 0 Å². The standard InChI is InChI=1S/C20H26N2O5S2/c1-26-17-8-6-7-15(20(17)27-2)14-21-18(23)13-16-9-10-19(28-16)29(24,25)22-11-4-3-5-12-22/h6-10H,3-5,11-14H2,1-2H3,(H,21,23). The number of amides is 1. The zero-order chi connectivity index (χ0) is 20.9. The van der Waals surface area contributed by atoms with E-state index in [-0.39, 0.29) is 12.3 Å². The molecule has 158 valence electrons. The molecule has 0 bridgehead atoms. The van der Waals surface area contributed by atoms with Gasteiger partial charge in [-0.25, -0.2) is 8.42 Å². The van der Waals surface area contributed by atoms with Crippen LogP contribution in [0.25, 0.3) is 0 Å². The summed E-state index contributed by atoms with van der Waals surface area (Å²) in [5.74, 6) is 1.00. The minimum atomic E-state index is -3.46. The minimum Gasteiger partial charge on any atom is -0.493 e. The number of nitrogens with zero attached hydrogens (tertiary/aromatic N) is 1. The molecule has 1 aliphatic heterocycles. The van der Waals surface area contributed by atoms with Gasteiger partial charge in [0.2, 0.25) is 5.91 Å². The van der Waals surface area contributed by atoms with Gasteiger partial charge < -0.3 is 14.8 Å². The second-order valence-electron chi connectivity index (χ2n) is 6.79. The molecule has 0 saturated carbocycles. The van der Waals surface area contributed by atoms with Crippen LogP contribution in [0.15, 0.2) is 34.5 Å². The highest BCUT2D eigenvalue weighted by molar-refractivity contribution is 7.91. The van der Waals surface area contributed by atoms with Crippen LogP contribution in [-0.4, -0.2) is 45.9 Å². The highest BCUT2D eigenvalue weighted by Gasteiger charge is 2.27. The Morgan fingerprint density at radius 2 is 1.86 bits per heavy atom. The van der Waals surface area contributed by atoms with Gasteiger partial charge in [-0.05, 0) is 31.0 Å². The second kappa shape index (κ2) is 9.60. The van der Waals surface area contributed by atoms with Crippen LogP contribution in [0, 0.1) is 0 Å². The number of sulfonamides is 1. The van der Waals surface area contributed by atoms with Gasteiger partial charge in [0.05, 0.1) is 20.6 Å². The maximum absolute atomic E-state index is 12.7. The lowest BCUT2D eigenvalue weighted by atomic mass is 10.2. The van der Waals surface area contributed by atoms with Crippen molar-refractivity contribution in [2.45, 2.75) is 36.4 Å². The van der Waals surface area contributed by atoms with Crippen molar-refractivity contribution in [1.29, 1.82) is 0 Å². The molecular weight excluding hydrogens is 412 g/mol. The van der Waals surface area contributed by atoms with Gasteiger partial charge in [0, 0.05) is 30.1 Å². The summed E-state index contributed by atoms with van der Waals surface area (Å²) in [6.07, 6.45) is 2.99. The smallest absolute Gasteiger partial charge is 0.252 e. The van der Waals surface area contributed by atoms with Crippen molar-refractivity contribution < 1.29 is 22.7 Å². The van der Waals surface area contributed by atoms with E-state index in [2.05, 4.69) is 5.32 Å². The van der Waals surface area contributed by atoms with Crippen LogP contribution in [0.5, 0.6) is 11.5 Å². The van der Waals surface area contributed by atoms with Crippen LogP contribution in [0.1, 0.15) is 29.7 Å². The zero-order valence-electron chi connectivity index (χ0n) is 16.6. The highest BCUT2D eigenvalue weighted by atomic mass is 32.2. The Hall–Kier alpha value is -2.10. The molecule has 0 atom stereocenters. The summed E-state index contributed by atoms with van der Waals surface area (Å²) in [5, 5.41) is 2.86. The van der Waals surface area contributed by atoms with Gasteiger partial charge in [0.15, 0.2) is 11.5 Å². The van der Waals surface area contributed by atoms with E-state index >= 15 is 0 Å². The number of carbonyl (C=O) groups excluding carboxylic acids is 1. The van der Waals surface area contributed by atoms with E-state index in [0.717, 1.165) is 41.0 Å². The molecule has 1 N–H and O–H groups in total. The summed E-state index contributed by atoms with van der Waals surface area (Å²) in [4.78, 5) is 13.1. The molecule has 0 aliphatic carbocycles. The van der Waals surface area contributed by atoms with Gasteiger partial charge in [0.1, 0.15) is 4.21 Å². The number of para-hydroxylation sites is 1. The molecule has 9 heteroatoms. The van der Waals surface area contributed by atoms with E-state index in [1.54, 1.807) is 36.7 Å². The van der Waals surface area contributed by atoms with E-state index in [9.17, 15) is 13.2 Å². The zero-order valence-corrected chi connectivity index (χ0v) is 18.3. The second-order valence-corrected chi connectivity index (χ2v) is 10.1.